The van der Waals surface area contributed by atoms with E-state index in [1.165, 1.54) is 6.08 Å². The molecule has 0 aliphatic carbocycles. The maximum Gasteiger partial charge on any atom is 0.334 e. The molecule has 0 saturated carbocycles. The molecule has 86 valence electrons. The molecular formula is C12H13BrO3. The Morgan fingerprint density at radius 1 is 1.50 bits per heavy atom. The summed E-state index contributed by atoms with van der Waals surface area (Å²) in [6.07, 6.45) is 1.32. The van der Waals surface area contributed by atoms with Crippen LogP contribution >= 0.6 is 15.9 Å². The number of allylic oxidation sites excluding steroid dienone is 1. The molecule has 0 aliphatic heterocycles. The Morgan fingerprint density at radius 2 is 2.25 bits per heavy atom. The third-order valence-electron chi connectivity index (χ3n) is 1.68. The molecule has 0 amide bonds. The molecule has 1 rings (SSSR count). The van der Waals surface area contributed by atoms with E-state index in [1.807, 2.05) is 24.3 Å². The fourth-order valence-electron chi connectivity index (χ4n) is 1.10. The summed E-state index contributed by atoms with van der Waals surface area (Å²) in [5.74, 6) is 0.777. The molecule has 0 unspecified atom stereocenters. The van der Waals surface area contributed by atoms with E-state index in [4.69, 9.17) is 9.47 Å². The van der Waals surface area contributed by atoms with Gasteiger partial charge in [-0.05, 0) is 32.0 Å². The second kappa shape index (κ2) is 6.33. The second-order valence-corrected chi connectivity index (χ2v) is 3.98. The Morgan fingerprint density at radius 3 is 2.88 bits per heavy atom. The van der Waals surface area contributed by atoms with Crippen molar-refractivity contribution in [2.45, 2.75) is 13.8 Å². The number of carbonyl (C=O) groups excluding carboxylic acids is 1. The van der Waals surface area contributed by atoms with Crippen molar-refractivity contribution in [1.82, 2.24) is 0 Å². The molecule has 0 atom stereocenters. The highest BCUT2D eigenvalue weighted by molar-refractivity contribution is 9.10. The highest BCUT2D eigenvalue weighted by atomic mass is 79.9. The van der Waals surface area contributed by atoms with Crippen molar-refractivity contribution in [2.75, 3.05) is 6.61 Å². The number of carbonyl (C=O) groups is 1. The maximum absolute atomic E-state index is 11.1. The molecule has 1 aromatic rings. The van der Waals surface area contributed by atoms with Crippen molar-refractivity contribution in [3.05, 3.63) is 40.6 Å². The number of esters is 1. The molecule has 16 heavy (non-hydrogen) atoms. The zero-order valence-electron chi connectivity index (χ0n) is 9.20. The summed E-state index contributed by atoms with van der Waals surface area (Å²) < 4.78 is 11.1. The van der Waals surface area contributed by atoms with Crippen LogP contribution in [0.5, 0.6) is 5.75 Å². The molecule has 0 aromatic heterocycles. The molecule has 1 aromatic carbocycles. The van der Waals surface area contributed by atoms with Crippen LogP contribution in [-0.2, 0) is 9.53 Å². The van der Waals surface area contributed by atoms with Gasteiger partial charge in [0.1, 0.15) is 11.5 Å². The van der Waals surface area contributed by atoms with Crippen LogP contribution in [0.3, 0.4) is 0 Å². The first-order chi connectivity index (χ1) is 7.61. The van der Waals surface area contributed by atoms with Crippen LogP contribution in [-0.4, -0.2) is 12.6 Å². The minimum atomic E-state index is -0.394. The minimum Gasteiger partial charge on any atom is -0.463 e. The van der Waals surface area contributed by atoms with Crippen molar-refractivity contribution >= 4 is 21.9 Å². The first kappa shape index (κ1) is 12.8. The summed E-state index contributed by atoms with van der Waals surface area (Å²) in [6.45, 7) is 3.83. The van der Waals surface area contributed by atoms with Gasteiger partial charge in [0.05, 0.1) is 12.7 Å². The summed E-state index contributed by atoms with van der Waals surface area (Å²) in [4.78, 5) is 11.1. The Bertz CT molecular complexity index is 399. The van der Waals surface area contributed by atoms with Crippen LogP contribution in [0.2, 0.25) is 0 Å². The van der Waals surface area contributed by atoms with Crippen molar-refractivity contribution < 1.29 is 14.3 Å². The van der Waals surface area contributed by atoms with Crippen molar-refractivity contribution in [2.24, 2.45) is 0 Å². The van der Waals surface area contributed by atoms with Crippen molar-refractivity contribution in [3.63, 3.8) is 0 Å². The SMILES string of the molecule is CCOC(=O)/C=C(\C)Oc1cccc(Br)c1. The van der Waals surface area contributed by atoms with Gasteiger partial charge in [-0.1, -0.05) is 22.0 Å². The van der Waals surface area contributed by atoms with Gasteiger partial charge in [-0.3, -0.25) is 0 Å². The minimum absolute atomic E-state index is 0.361. The summed E-state index contributed by atoms with van der Waals surface area (Å²) >= 11 is 3.34. The topological polar surface area (TPSA) is 35.5 Å². The lowest BCUT2D eigenvalue weighted by molar-refractivity contribution is -0.137. The van der Waals surface area contributed by atoms with Crippen molar-refractivity contribution in [3.8, 4) is 5.75 Å². The van der Waals surface area contributed by atoms with Crippen LogP contribution in [0.1, 0.15) is 13.8 Å². The Hall–Kier alpha value is -1.29. The normalized spacial score (nSPS) is 11.1. The number of rotatable bonds is 4. The third-order valence-corrected chi connectivity index (χ3v) is 2.18. The van der Waals surface area contributed by atoms with Gasteiger partial charge in [-0.15, -0.1) is 0 Å². The van der Waals surface area contributed by atoms with Gasteiger partial charge in [0, 0.05) is 4.47 Å². The molecule has 0 bridgehead atoms. The van der Waals surface area contributed by atoms with E-state index < -0.39 is 5.97 Å². The summed E-state index contributed by atoms with van der Waals surface area (Å²) in [5.41, 5.74) is 0. The molecule has 0 heterocycles. The van der Waals surface area contributed by atoms with Crippen LogP contribution in [0.15, 0.2) is 40.6 Å². The highest BCUT2D eigenvalue weighted by Crippen LogP contribution is 2.19. The maximum atomic E-state index is 11.1. The van der Waals surface area contributed by atoms with Gasteiger partial charge in [-0.25, -0.2) is 4.79 Å². The smallest absolute Gasteiger partial charge is 0.334 e. The van der Waals surface area contributed by atoms with E-state index in [1.54, 1.807) is 13.8 Å². The monoisotopic (exact) mass is 284 g/mol. The first-order valence-electron chi connectivity index (χ1n) is 4.90. The van der Waals surface area contributed by atoms with Gasteiger partial charge in [0.15, 0.2) is 0 Å². The fraction of sp³-hybridized carbons (Fsp3) is 0.250. The number of hydrogen-bond acceptors (Lipinski definition) is 3. The van der Waals surface area contributed by atoms with E-state index in [9.17, 15) is 4.79 Å². The van der Waals surface area contributed by atoms with Gasteiger partial charge in [-0.2, -0.15) is 0 Å². The molecule has 0 radical (unpaired) electrons. The summed E-state index contributed by atoms with van der Waals surface area (Å²) in [6, 6.07) is 7.39. The molecule has 3 nitrogen and oxygen atoms in total. The molecule has 0 spiro atoms. The Labute approximate surface area is 103 Å². The molecule has 0 aliphatic rings. The third kappa shape index (κ3) is 4.49. The van der Waals surface area contributed by atoms with Crippen molar-refractivity contribution in [1.29, 1.82) is 0 Å². The van der Waals surface area contributed by atoms with Crippen LogP contribution in [0.4, 0.5) is 0 Å². The van der Waals surface area contributed by atoms with Crippen LogP contribution < -0.4 is 4.74 Å². The molecule has 0 N–H and O–H groups in total. The number of hydrogen-bond donors (Lipinski definition) is 0. The standard InChI is InChI=1S/C12H13BrO3/c1-3-15-12(14)7-9(2)16-11-6-4-5-10(13)8-11/h4-8H,3H2,1-2H3/b9-7+. The lowest BCUT2D eigenvalue weighted by Gasteiger charge is -2.05. The average molecular weight is 285 g/mol. The van der Waals surface area contributed by atoms with E-state index in [0.717, 1.165) is 4.47 Å². The van der Waals surface area contributed by atoms with Gasteiger partial charge >= 0.3 is 5.97 Å². The lowest BCUT2D eigenvalue weighted by Crippen LogP contribution is -2.02. The zero-order chi connectivity index (χ0) is 12.0. The quantitative estimate of drug-likeness (QED) is 0.484. The second-order valence-electron chi connectivity index (χ2n) is 3.07. The van der Waals surface area contributed by atoms with Gasteiger partial charge < -0.3 is 9.47 Å². The Kier molecular flexibility index (Phi) is 5.05. The van der Waals surface area contributed by atoms with Gasteiger partial charge in [0.2, 0.25) is 0 Å². The van der Waals surface area contributed by atoms with Crippen LogP contribution in [0.25, 0.3) is 0 Å². The van der Waals surface area contributed by atoms with Crippen LogP contribution in [0, 0.1) is 0 Å². The number of ether oxygens (including phenoxy) is 2. The predicted molar refractivity (Wildman–Crippen MR) is 65.2 cm³/mol. The molecule has 0 fully saturated rings. The number of halogens is 1. The molecule has 0 saturated heterocycles. The predicted octanol–water partition coefficient (Wildman–Crippen LogP) is 3.29. The van der Waals surface area contributed by atoms with E-state index in [-0.39, 0.29) is 0 Å². The largest absolute Gasteiger partial charge is 0.463 e. The van der Waals surface area contributed by atoms with E-state index >= 15 is 0 Å². The fourth-order valence-corrected chi connectivity index (χ4v) is 1.47. The van der Waals surface area contributed by atoms with E-state index in [2.05, 4.69) is 15.9 Å². The molecular weight excluding hydrogens is 272 g/mol. The average Bonchev–Trinajstić information content (AvgIpc) is 2.17. The van der Waals surface area contributed by atoms with Gasteiger partial charge in [0.25, 0.3) is 0 Å². The van der Waals surface area contributed by atoms with E-state index in [0.29, 0.717) is 18.1 Å². The highest BCUT2D eigenvalue weighted by Gasteiger charge is 2.00. The summed E-state index contributed by atoms with van der Waals surface area (Å²) in [5, 5.41) is 0. The lowest BCUT2D eigenvalue weighted by atomic mass is 10.3. The summed E-state index contributed by atoms with van der Waals surface area (Å²) in [7, 11) is 0. The molecule has 4 heteroatoms. The first-order valence-corrected chi connectivity index (χ1v) is 5.69. The number of benzene rings is 1. The zero-order valence-corrected chi connectivity index (χ0v) is 10.8. The Balaban J connectivity index is 2.63.